The highest BCUT2D eigenvalue weighted by atomic mass is 79.9. The van der Waals surface area contributed by atoms with Gasteiger partial charge in [-0.1, -0.05) is 76.6 Å². The molecule has 0 atom stereocenters. The lowest BCUT2D eigenvalue weighted by atomic mass is 10.0. The van der Waals surface area contributed by atoms with E-state index < -0.39 is 0 Å². The van der Waals surface area contributed by atoms with Crippen molar-refractivity contribution in [3.63, 3.8) is 0 Å². The fourth-order valence-corrected chi connectivity index (χ4v) is 5.24. The molecule has 0 bridgehead atoms. The molecule has 4 aromatic carbocycles. The van der Waals surface area contributed by atoms with Gasteiger partial charge in [0.1, 0.15) is 5.65 Å². The smallest absolute Gasteiger partial charge is 0.147 e. The van der Waals surface area contributed by atoms with Gasteiger partial charge in [-0.3, -0.25) is 4.40 Å². The van der Waals surface area contributed by atoms with Crippen molar-refractivity contribution in [2.45, 2.75) is 0 Å². The fourth-order valence-electron chi connectivity index (χ4n) is 4.72. The summed E-state index contributed by atoms with van der Waals surface area (Å²) in [7, 11) is 0. The lowest BCUT2D eigenvalue weighted by molar-refractivity contribution is 1.31. The Bertz CT molecular complexity index is 1850. The number of para-hydroxylation sites is 3. The molecule has 0 amide bonds. The molecule has 150 valence electrons. The predicted octanol–water partition coefficient (Wildman–Crippen LogP) is 7.77. The summed E-state index contributed by atoms with van der Waals surface area (Å²) in [5, 5.41) is 3.32. The molecule has 7 rings (SSSR count). The number of hydrogen-bond donors (Lipinski definition) is 0. The van der Waals surface area contributed by atoms with Crippen LogP contribution >= 0.6 is 15.9 Å². The highest BCUT2D eigenvalue weighted by molar-refractivity contribution is 9.10. The maximum absolute atomic E-state index is 5.08. The molecule has 3 nitrogen and oxygen atoms in total. The molecular weight excluding hydrogens is 458 g/mol. The number of halogens is 1. The van der Waals surface area contributed by atoms with E-state index in [9.17, 15) is 0 Å². The monoisotopic (exact) mass is 473 g/mol. The fraction of sp³-hybridized carbons (Fsp3) is 0. The molecule has 3 aromatic heterocycles. The average molecular weight is 474 g/mol. The van der Waals surface area contributed by atoms with Gasteiger partial charge in [0.15, 0.2) is 0 Å². The molecule has 4 heteroatoms. The summed E-state index contributed by atoms with van der Waals surface area (Å²) >= 11 is 3.71. The van der Waals surface area contributed by atoms with Crippen LogP contribution in [-0.2, 0) is 0 Å². The normalized spacial score (nSPS) is 11.9. The van der Waals surface area contributed by atoms with Crippen molar-refractivity contribution < 1.29 is 0 Å². The number of pyridine rings is 2. The summed E-state index contributed by atoms with van der Waals surface area (Å²) < 4.78 is 3.36. The molecule has 0 radical (unpaired) electrons. The van der Waals surface area contributed by atoms with Crippen LogP contribution < -0.4 is 0 Å². The summed E-state index contributed by atoms with van der Waals surface area (Å²) in [5.41, 5.74) is 8.45. The first-order valence-corrected chi connectivity index (χ1v) is 11.3. The van der Waals surface area contributed by atoms with E-state index in [-0.39, 0.29) is 0 Å². The summed E-state index contributed by atoms with van der Waals surface area (Å²) in [4.78, 5) is 10.1. The Morgan fingerprint density at radius 2 is 1.41 bits per heavy atom. The maximum atomic E-state index is 5.08. The Morgan fingerprint density at radius 1 is 0.625 bits per heavy atom. The Hall–Kier alpha value is -3.76. The van der Waals surface area contributed by atoms with E-state index in [0.29, 0.717) is 0 Å². The van der Waals surface area contributed by atoms with Crippen molar-refractivity contribution in [1.82, 2.24) is 14.4 Å². The van der Waals surface area contributed by atoms with Crippen LogP contribution in [0.2, 0.25) is 0 Å². The van der Waals surface area contributed by atoms with E-state index >= 15 is 0 Å². The molecule has 0 aliphatic carbocycles. The van der Waals surface area contributed by atoms with Gasteiger partial charge in [-0.05, 0) is 47.5 Å². The SMILES string of the molecule is Brc1ccccc1-c1ccc2c3nc4ccccc4cc3c3nc4ccccc4n3c2c1. The van der Waals surface area contributed by atoms with Crippen molar-refractivity contribution in [2.75, 3.05) is 0 Å². The van der Waals surface area contributed by atoms with Gasteiger partial charge in [0.05, 0.1) is 27.6 Å². The number of fused-ring (bicyclic) bond motifs is 9. The van der Waals surface area contributed by atoms with Gasteiger partial charge in [-0.15, -0.1) is 0 Å². The molecule has 0 spiro atoms. The van der Waals surface area contributed by atoms with Crippen LogP contribution in [0.25, 0.3) is 60.5 Å². The topological polar surface area (TPSA) is 30.2 Å². The highest BCUT2D eigenvalue weighted by Crippen LogP contribution is 2.36. The van der Waals surface area contributed by atoms with Crippen molar-refractivity contribution in [1.29, 1.82) is 0 Å². The van der Waals surface area contributed by atoms with Gasteiger partial charge < -0.3 is 0 Å². The van der Waals surface area contributed by atoms with Gasteiger partial charge >= 0.3 is 0 Å². The quantitative estimate of drug-likeness (QED) is 0.180. The van der Waals surface area contributed by atoms with Crippen LogP contribution in [0.1, 0.15) is 0 Å². The van der Waals surface area contributed by atoms with E-state index in [1.807, 2.05) is 18.2 Å². The standard InChI is InChI=1S/C28H16BrN3/c29-22-9-3-2-8-19(22)17-13-14-20-26(16-17)32-25-12-6-5-11-24(25)31-28(32)21-15-18-7-1-4-10-23(18)30-27(20)21/h1-16H. The third-order valence-electron chi connectivity index (χ3n) is 6.20. The number of imidazole rings is 1. The Balaban J connectivity index is 1.72. The third kappa shape index (κ3) is 2.47. The molecule has 7 aromatic rings. The van der Waals surface area contributed by atoms with E-state index in [2.05, 4.69) is 99.2 Å². The van der Waals surface area contributed by atoms with E-state index in [4.69, 9.17) is 9.97 Å². The van der Waals surface area contributed by atoms with E-state index in [0.717, 1.165) is 59.4 Å². The number of benzene rings is 4. The van der Waals surface area contributed by atoms with Crippen LogP contribution in [0.5, 0.6) is 0 Å². The predicted molar refractivity (Wildman–Crippen MR) is 136 cm³/mol. The summed E-state index contributed by atoms with van der Waals surface area (Å²) in [6.07, 6.45) is 0. The second-order valence-corrected chi connectivity index (χ2v) is 8.90. The molecular formula is C28H16BrN3. The first kappa shape index (κ1) is 17.9. The van der Waals surface area contributed by atoms with Crippen molar-refractivity contribution >= 4 is 65.3 Å². The molecule has 0 N–H and O–H groups in total. The van der Waals surface area contributed by atoms with Crippen LogP contribution in [0.3, 0.4) is 0 Å². The van der Waals surface area contributed by atoms with Gasteiger partial charge in [0, 0.05) is 20.6 Å². The van der Waals surface area contributed by atoms with Crippen molar-refractivity contribution in [3.05, 3.63) is 102 Å². The molecule has 0 fully saturated rings. The number of hydrogen-bond acceptors (Lipinski definition) is 2. The van der Waals surface area contributed by atoms with E-state index in [1.54, 1.807) is 0 Å². The minimum absolute atomic E-state index is 0.941. The molecule has 0 unspecified atom stereocenters. The number of rotatable bonds is 1. The third-order valence-corrected chi connectivity index (χ3v) is 6.90. The molecule has 0 aliphatic rings. The number of aromatic nitrogens is 3. The van der Waals surface area contributed by atoms with E-state index in [1.165, 1.54) is 5.56 Å². The lowest BCUT2D eigenvalue weighted by Crippen LogP contribution is -1.94. The van der Waals surface area contributed by atoms with Gasteiger partial charge in [-0.25, -0.2) is 9.97 Å². The Labute approximate surface area is 192 Å². The second kappa shape index (κ2) is 6.62. The van der Waals surface area contributed by atoms with Crippen LogP contribution in [0.4, 0.5) is 0 Å². The first-order chi connectivity index (χ1) is 15.8. The van der Waals surface area contributed by atoms with Gasteiger partial charge in [0.25, 0.3) is 0 Å². The lowest BCUT2D eigenvalue weighted by Gasteiger charge is -2.12. The second-order valence-electron chi connectivity index (χ2n) is 8.05. The van der Waals surface area contributed by atoms with Crippen molar-refractivity contribution in [2.24, 2.45) is 0 Å². The Kier molecular flexibility index (Phi) is 3.70. The van der Waals surface area contributed by atoms with Gasteiger partial charge in [0.2, 0.25) is 0 Å². The Morgan fingerprint density at radius 3 is 2.31 bits per heavy atom. The molecule has 3 heterocycles. The zero-order chi connectivity index (χ0) is 21.2. The largest absolute Gasteiger partial charge is 0.292 e. The molecule has 0 aliphatic heterocycles. The average Bonchev–Trinajstić information content (AvgIpc) is 3.23. The van der Waals surface area contributed by atoms with Crippen LogP contribution in [-0.4, -0.2) is 14.4 Å². The molecule has 32 heavy (non-hydrogen) atoms. The number of nitrogens with zero attached hydrogens (tertiary/aromatic N) is 3. The first-order valence-electron chi connectivity index (χ1n) is 10.6. The highest BCUT2D eigenvalue weighted by Gasteiger charge is 2.16. The molecule has 0 saturated heterocycles. The summed E-state index contributed by atoms with van der Waals surface area (Å²) in [6, 6.07) is 33.8. The van der Waals surface area contributed by atoms with Crippen molar-refractivity contribution in [3.8, 4) is 11.1 Å². The van der Waals surface area contributed by atoms with Crippen LogP contribution in [0, 0.1) is 0 Å². The van der Waals surface area contributed by atoms with Gasteiger partial charge in [-0.2, -0.15) is 0 Å². The summed E-state index contributed by atoms with van der Waals surface area (Å²) in [5.74, 6) is 0. The minimum Gasteiger partial charge on any atom is -0.292 e. The maximum Gasteiger partial charge on any atom is 0.147 e. The zero-order valence-corrected chi connectivity index (χ0v) is 18.5. The summed E-state index contributed by atoms with van der Waals surface area (Å²) in [6.45, 7) is 0. The zero-order valence-electron chi connectivity index (χ0n) is 17.0. The van der Waals surface area contributed by atoms with Crippen LogP contribution in [0.15, 0.2) is 102 Å². The molecule has 0 saturated carbocycles. The minimum atomic E-state index is 0.941.